The van der Waals surface area contributed by atoms with Crippen molar-refractivity contribution in [3.63, 3.8) is 0 Å². The predicted molar refractivity (Wildman–Crippen MR) is 85.5 cm³/mol. The molecule has 2 aromatic carbocycles. The van der Waals surface area contributed by atoms with Crippen molar-refractivity contribution in [2.75, 3.05) is 5.32 Å². The van der Waals surface area contributed by atoms with Crippen LogP contribution in [-0.4, -0.2) is 5.91 Å². The summed E-state index contributed by atoms with van der Waals surface area (Å²) in [6.07, 6.45) is 0. The molecule has 0 fully saturated rings. The molecule has 1 amide bonds. The summed E-state index contributed by atoms with van der Waals surface area (Å²) in [5.41, 5.74) is 8.13. The molecular formula is C15H12BrClN2O2. The first-order chi connectivity index (χ1) is 10.1. The number of anilines is 1. The van der Waals surface area contributed by atoms with E-state index < -0.39 is 6.04 Å². The van der Waals surface area contributed by atoms with Gasteiger partial charge < -0.3 is 15.8 Å². The highest BCUT2D eigenvalue weighted by molar-refractivity contribution is 9.10. The monoisotopic (exact) mass is 366 g/mol. The summed E-state index contributed by atoms with van der Waals surface area (Å²) in [5, 5.41) is 3.15. The molecule has 0 radical (unpaired) electrons. The van der Waals surface area contributed by atoms with Crippen molar-refractivity contribution in [1.82, 2.24) is 0 Å². The molecule has 2 aromatic rings. The first-order valence-electron chi connectivity index (χ1n) is 6.32. The molecule has 1 aliphatic rings. The summed E-state index contributed by atoms with van der Waals surface area (Å²) in [6, 6.07) is 10.5. The van der Waals surface area contributed by atoms with Crippen LogP contribution in [0.5, 0.6) is 5.75 Å². The van der Waals surface area contributed by atoms with Crippen LogP contribution in [0.4, 0.5) is 5.69 Å². The Bertz CT molecular complexity index is 721. The van der Waals surface area contributed by atoms with Crippen molar-refractivity contribution in [3.8, 4) is 5.75 Å². The van der Waals surface area contributed by atoms with E-state index in [1.165, 1.54) is 0 Å². The highest BCUT2D eigenvalue weighted by Gasteiger charge is 2.28. The van der Waals surface area contributed by atoms with Crippen LogP contribution < -0.4 is 15.8 Å². The SMILES string of the molecule is NC1C(=O)Nc2cc(OCc3ccccc3Br)c(Cl)cc21. The number of nitrogens with one attached hydrogen (secondary N) is 1. The lowest BCUT2D eigenvalue weighted by atomic mass is 10.1. The molecule has 0 saturated heterocycles. The summed E-state index contributed by atoms with van der Waals surface area (Å²) < 4.78 is 6.72. The van der Waals surface area contributed by atoms with E-state index in [-0.39, 0.29) is 5.91 Å². The van der Waals surface area contributed by atoms with Crippen molar-refractivity contribution in [3.05, 3.63) is 57.0 Å². The minimum atomic E-state index is -0.671. The molecule has 0 spiro atoms. The zero-order valence-corrected chi connectivity index (χ0v) is 13.2. The highest BCUT2D eigenvalue weighted by Crippen LogP contribution is 2.38. The van der Waals surface area contributed by atoms with Crippen LogP contribution in [0.15, 0.2) is 40.9 Å². The Hall–Kier alpha value is -1.56. The highest BCUT2D eigenvalue weighted by atomic mass is 79.9. The van der Waals surface area contributed by atoms with Crippen LogP contribution in [0.25, 0.3) is 0 Å². The maximum atomic E-state index is 11.6. The molecule has 21 heavy (non-hydrogen) atoms. The molecule has 0 saturated carbocycles. The molecule has 0 aromatic heterocycles. The lowest BCUT2D eigenvalue weighted by Crippen LogP contribution is -2.19. The van der Waals surface area contributed by atoms with Gasteiger partial charge in [-0.05, 0) is 12.1 Å². The third-order valence-electron chi connectivity index (χ3n) is 3.32. The smallest absolute Gasteiger partial charge is 0.245 e. The van der Waals surface area contributed by atoms with Gasteiger partial charge in [-0.2, -0.15) is 0 Å². The van der Waals surface area contributed by atoms with Gasteiger partial charge in [0.05, 0.1) is 5.02 Å². The third-order valence-corrected chi connectivity index (χ3v) is 4.39. The summed E-state index contributed by atoms with van der Waals surface area (Å²) in [6.45, 7) is 0.375. The second kappa shape index (κ2) is 5.67. The van der Waals surface area contributed by atoms with Gasteiger partial charge in [-0.3, -0.25) is 4.79 Å². The van der Waals surface area contributed by atoms with Crippen LogP contribution in [0.3, 0.4) is 0 Å². The Kier molecular flexibility index (Phi) is 3.89. The first kappa shape index (κ1) is 14.4. The molecular weight excluding hydrogens is 356 g/mol. The number of amides is 1. The summed E-state index contributed by atoms with van der Waals surface area (Å²) in [4.78, 5) is 11.6. The number of carbonyl (C=O) groups is 1. The largest absolute Gasteiger partial charge is 0.487 e. The van der Waals surface area contributed by atoms with E-state index in [2.05, 4.69) is 21.2 Å². The number of nitrogens with two attached hydrogens (primary N) is 1. The summed E-state index contributed by atoms with van der Waals surface area (Å²) >= 11 is 9.66. The molecule has 1 aliphatic heterocycles. The van der Waals surface area contributed by atoms with Gasteiger partial charge in [0.15, 0.2) is 0 Å². The van der Waals surface area contributed by atoms with E-state index in [0.717, 1.165) is 10.0 Å². The topological polar surface area (TPSA) is 64.4 Å². The minimum Gasteiger partial charge on any atom is -0.487 e. The van der Waals surface area contributed by atoms with Gasteiger partial charge in [0.2, 0.25) is 5.91 Å². The number of fused-ring (bicyclic) bond motifs is 1. The minimum absolute atomic E-state index is 0.232. The Balaban J connectivity index is 1.83. The molecule has 1 unspecified atom stereocenters. The molecule has 3 rings (SSSR count). The average molecular weight is 368 g/mol. The van der Waals surface area contributed by atoms with Gasteiger partial charge in [0.25, 0.3) is 0 Å². The number of benzene rings is 2. The van der Waals surface area contributed by atoms with Crippen LogP contribution >= 0.6 is 27.5 Å². The maximum Gasteiger partial charge on any atom is 0.245 e. The molecule has 1 heterocycles. The van der Waals surface area contributed by atoms with Crippen molar-refractivity contribution in [2.45, 2.75) is 12.6 Å². The Morgan fingerprint density at radius 2 is 2.10 bits per heavy atom. The molecule has 6 heteroatoms. The molecule has 108 valence electrons. The van der Waals surface area contributed by atoms with Crippen molar-refractivity contribution in [1.29, 1.82) is 0 Å². The lowest BCUT2D eigenvalue weighted by Gasteiger charge is -2.11. The van der Waals surface area contributed by atoms with Crippen LogP contribution in [-0.2, 0) is 11.4 Å². The Morgan fingerprint density at radius 1 is 1.33 bits per heavy atom. The summed E-state index contributed by atoms with van der Waals surface area (Å²) in [7, 11) is 0. The van der Waals surface area contributed by atoms with E-state index in [1.807, 2.05) is 24.3 Å². The number of hydrogen-bond acceptors (Lipinski definition) is 3. The predicted octanol–water partition coefficient (Wildman–Crippen LogP) is 3.63. The number of rotatable bonds is 3. The maximum absolute atomic E-state index is 11.6. The van der Waals surface area contributed by atoms with Gasteiger partial charge in [-0.25, -0.2) is 0 Å². The van der Waals surface area contributed by atoms with Gasteiger partial charge in [0.1, 0.15) is 18.4 Å². The fraction of sp³-hybridized carbons (Fsp3) is 0.133. The first-order valence-corrected chi connectivity index (χ1v) is 7.49. The second-order valence-electron chi connectivity index (χ2n) is 4.72. The van der Waals surface area contributed by atoms with E-state index >= 15 is 0 Å². The van der Waals surface area contributed by atoms with E-state index in [4.69, 9.17) is 22.1 Å². The molecule has 1 atom stereocenters. The fourth-order valence-electron chi connectivity index (χ4n) is 2.17. The number of halogens is 2. The van der Waals surface area contributed by atoms with Gasteiger partial charge in [-0.1, -0.05) is 45.7 Å². The van der Waals surface area contributed by atoms with Gasteiger partial charge in [0, 0.05) is 27.4 Å². The second-order valence-corrected chi connectivity index (χ2v) is 5.98. The van der Waals surface area contributed by atoms with Crippen LogP contribution in [0.1, 0.15) is 17.2 Å². The quantitative estimate of drug-likeness (QED) is 0.870. The third kappa shape index (κ3) is 2.77. The average Bonchev–Trinajstić information content (AvgIpc) is 2.73. The van der Waals surface area contributed by atoms with E-state index in [9.17, 15) is 4.79 Å². The van der Waals surface area contributed by atoms with Gasteiger partial charge >= 0.3 is 0 Å². The van der Waals surface area contributed by atoms with E-state index in [1.54, 1.807) is 12.1 Å². The Morgan fingerprint density at radius 3 is 2.86 bits per heavy atom. The molecule has 0 bridgehead atoms. The molecule has 3 N–H and O–H groups in total. The molecule has 4 nitrogen and oxygen atoms in total. The number of carbonyl (C=O) groups excluding carboxylic acids is 1. The normalized spacial score (nSPS) is 16.5. The van der Waals surface area contributed by atoms with Crippen LogP contribution in [0, 0.1) is 0 Å². The Labute approximate surface area is 135 Å². The fourth-order valence-corrected chi connectivity index (χ4v) is 2.79. The van der Waals surface area contributed by atoms with Crippen molar-refractivity contribution < 1.29 is 9.53 Å². The van der Waals surface area contributed by atoms with Gasteiger partial charge in [-0.15, -0.1) is 0 Å². The van der Waals surface area contributed by atoms with Crippen LogP contribution in [0.2, 0.25) is 5.02 Å². The zero-order valence-electron chi connectivity index (χ0n) is 10.9. The van der Waals surface area contributed by atoms with E-state index in [0.29, 0.717) is 28.6 Å². The zero-order chi connectivity index (χ0) is 15.0. The summed E-state index contributed by atoms with van der Waals surface area (Å²) in [5.74, 6) is 0.282. The number of ether oxygens (including phenoxy) is 1. The molecule has 0 aliphatic carbocycles. The standard InChI is InChI=1S/C15H12BrClN2O2/c16-10-4-2-1-3-8(10)7-21-13-6-12-9(5-11(13)17)14(18)15(20)19-12/h1-6,14H,7,18H2,(H,19,20). The number of hydrogen-bond donors (Lipinski definition) is 2. The van der Waals surface area contributed by atoms with Crippen molar-refractivity contribution >= 4 is 39.1 Å². The lowest BCUT2D eigenvalue weighted by molar-refractivity contribution is -0.116. The van der Waals surface area contributed by atoms with Crippen molar-refractivity contribution in [2.24, 2.45) is 5.73 Å².